The normalized spacial score (nSPS) is 16.7. The van der Waals surface area contributed by atoms with Gasteiger partial charge in [-0.2, -0.15) is 4.98 Å². The van der Waals surface area contributed by atoms with Gasteiger partial charge in [0.2, 0.25) is 5.28 Å². The number of hydrogen-bond donors (Lipinski definition) is 1. The van der Waals surface area contributed by atoms with Gasteiger partial charge in [0, 0.05) is 0 Å². The molecular formula is C9H9Cl2N3O2. The summed E-state index contributed by atoms with van der Waals surface area (Å²) >= 11 is 11.5. The van der Waals surface area contributed by atoms with Crippen LogP contribution in [-0.4, -0.2) is 28.6 Å². The number of nitrogens with one attached hydrogen (secondary N) is 1. The molecule has 5 nitrogen and oxygen atoms in total. The molecule has 1 heterocycles. The second-order valence-corrected chi connectivity index (χ2v) is 4.28. The number of aromatic nitrogens is 2. The number of halogens is 2. The monoisotopic (exact) mass is 261 g/mol. The fraction of sp³-hybridized carbons (Fsp3) is 0.444. The molecule has 1 aromatic heterocycles. The Morgan fingerprint density at radius 1 is 1.56 bits per heavy atom. The molecule has 1 aliphatic carbocycles. The molecular weight excluding hydrogens is 253 g/mol. The van der Waals surface area contributed by atoms with Gasteiger partial charge in [0.15, 0.2) is 5.82 Å². The van der Waals surface area contributed by atoms with Crippen LogP contribution in [0.15, 0.2) is 6.20 Å². The van der Waals surface area contributed by atoms with Crippen molar-refractivity contribution >= 4 is 35.0 Å². The first-order chi connectivity index (χ1) is 7.57. The average Bonchev–Trinajstić information content (AvgIpc) is 3.03. The van der Waals surface area contributed by atoms with Gasteiger partial charge < -0.3 is 10.1 Å². The van der Waals surface area contributed by atoms with Crippen molar-refractivity contribution in [1.29, 1.82) is 0 Å². The highest BCUT2D eigenvalue weighted by Crippen LogP contribution is 2.40. The van der Waals surface area contributed by atoms with E-state index in [1.807, 2.05) is 0 Å². The van der Waals surface area contributed by atoms with Gasteiger partial charge in [-0.05, 0) is 24.4 Å². The molecule has 0 amide bonds. The Hall–Kier alpha value is -1.07. The summed E-state index contributed by atoms with van der Waals surface area (Å²) in [5.41, 5.74) is -0.698. The molecule has 1 fully saturated rings. The molecule has 0 radical (unpaired) electrons. The van der Waals surface area contributed by atoms with Gasteiger partial charge in [-0.3, -0.25) is 0 Å². The minimum Gasteiger partial charge on any atom is -0.467 e. The van der Waals surface area contributed by atoms with E-state index in [1.165, 1.54) is 13.3 Å². The molecule has 86 valence electrons. The van der Waals surface area contributed by atoms with Crippen LogP contribution in [0.3, 0.4) is 0 Å². The first-order valence-corrected chi connectivity index (χ1v) is 5.38. The number of esters is 1. The highest BCUT2D eigenvalue weighted by molar-refractivity contribution is 6.33. The summed E-state index contributed by atoms with van der Waals surface area (Å²) in [5.74, 6) is 0.0304. The first-order valence-electron chi connectivity index (χ1n) is 4.62. The lowest BCUT2D eigenvalue weighted by Crippen LogP contribution is -2.33. The van der Waals surface area contributed by atoms with Gasteiger partial charge in [0.05, 0.1) is 13.3 Å². The molecule has 0 aromatic carbocycles. The molecule has 1 saturated carbocycles. The Morgan fingerprint density at radius 2 is 2.25 bits per heavy atom. The number of rotatable bonds is 3. The molecule has 1 aromatic rings. The second-order valence-electron chi connectivity index (χ2n) is 3.53. The van der Waals surface area contributed by atoms with Crippen molar-refractivity contribution in [1.82, 2.24) is 9.97 Å². The molecule has 2 rings (SSSR count). The van der Waals surface area contributed by atoms with E-state index in [4.69, 9.17) is 27.9 Å². The highest BCUT2D eigenvalue weighted by atomic mass is 35.5. The number of nitrogens with zero attached hydrogens (tertiary/aromatic N) is 2. The average molecular weight is 262 g/mol. The maximum atomic E-state index is 11.5. The number of methoxy groups -OCH3 is 1. The van der Waals surface area contributed by atoms with Gasteiger partial charge in [0.25, 0.3) is 0 Å². The molecule has 1 aliphatic rings. The second kappa shape index (κ2) is 4.07. The zero-order chi connectivity index (χ0) is 11.8. The molecule has 7 heteroatoms. The predicted molar refractivity (Wildman–Crippen MR) is 59.7 cm³/mol. The maximum Gasteiger partial charge on any atom is 0.331 e. The lowest BCUT2D eigenvalue weighted by molar-refractivity contribution is -0.142. The fourth-order valence-corrected chi connectivity index (χ4v) is 1.63. The van der Waals surface area contributed by atoms with Gasteiger partial charge in [0.1, 0.15) is 10.6 Å². The number of carbonyl (C=O) groups is 1. The highest BCUT2D eigenvalue weighted by Gasteiger charge is 2.52. The van der Waals surface area contributed by atoms with E-state index in [9.17, 15) is 4.79 Å². The van der Waals surface area contributed by atoms with E-state index >= 15 is 0 Å². The molecule has 0 saturated heterocycles. The zero-order valence-electron chi connectivity index (χ0n) is 8.46. The lowest BCUT2D eigenvalue weighted by Gasteiger charge is -2.15. The fourth-order valence-electron chi connectivity index (χ4n) is 1.36. The summed E-state index contributed by atoms with van der Waals surface area (Å²) < 4.78 is 4.70. The Bertz CT molecular complexity index is 435. The van der Waals surface area contributed by atoms with Gasteiger partial charge >= 0.3 is 5.97 Å². The minimum absolute atomic E-state index is 0.0764. The standard InChI is InChI=1S/C9H9Cl2N3O2/c1-16-7(15)9(2-3-9)14-6-5(10)4-12-8(11)13-6/h4H,2-3H2,1H3,(H,12,13,14). The third-order valence-electron chi connectivity index (χ3n) is 2.40. The smallest absolute Gasteiger partial charge is 0.331 e. The van der Waals surface area contributed by atoms with Gasteiger partial charge in [-0.1, -0.05) is 11.6 Å². The quantitative estimate of drug-likeness (QED) is 0.665. The van der Waals surface area contributed by atoms with Crippen molar-refractivity contribution in [2.45, 2.75) is 18.4 Å². The number of ether oxygens (including phenoxy) is 1. The van der Waals surface area contributed by atoms with E-state index in [0.29, 0.717) is 23.7 Å². The summed E-state index contributed by atoms with van der Waals surface area (Å²) in [6.45, 7) is 0. The molecule has 16 heavy (non-hydrogen) atoms. The number of anilines is 1. The molecule has 0 atom stereocenters. The van der Waals surface area contributed by atoms with E-state index < -0.39 is 5.54 Å². The third-order valence-corrected chi connectivity index (χ3v) is 2.86. The van der Waals surface area contributed by atoms with Crippen molar-refractivity contribution in [2.75, 3.05) is 12.4 Å². The summed E-state index contributed by atoms with van der Waals surface area (Å²) in [6.07, 6.45) is 2.77. The van der Waals surface area contributed by atoms with E-state index in [1.54, 1.807) is 0 Å². The zero-order valence-corrected chi connectivity index (χ0v) is 9.97. The van der Waals surface area contributed by atoms with E-state index in [-0.39, 0.29) is 11.3 Å². The summed E-state index contributed by atoms with van der Waals surface area (Å²) in [4.78, 5) is 19.1. The van der Waals surface area contributed by atoms with Crippen LogP contribution in [0.25, 0.3) is 0 Å². The summed E-state index contributed by atoms with van der Waals surface area (Å²) in [5, 5.41) is 3.34. The van der Waals surface area contributed by atoms with E-state index in [0.717, 1.165) is 0 Å². The topological polar surface area (TPSA) is 64.1 Å². The first kappa shape index (κ1) is 11.4. The van der Waals surface area contributed by atoms with Crippen LogP contribution in [0, 0.1) is 0 Å². The van der Waals surface area contributed by atoms with Crippen molar-refractivity contribution < 1.29 is 9.53 Å². The molecule has 0 unspecified atom stereocenters. The predicted octanol–water partition coefficient (Wildman–Crippen LogP) is 1.90. The van der Waals surface area contributed by atoms with E-state index in [2.05, 4.69) is 15.3 Å². The Balaban J connectivity index is 2.21. The third kappa shape index (κ3) is 2.05. The van der Waals surface area contributed by atoms with Crippen LogP contribution >= 0.6 is 23.2 Å². The van der Waals surface area contributed by atoms with Crippen LogP contribution in [-0.2, 0) is 9.53 Å². The lowest BCUT2D eigenvalue weighted by atomic mass is 10.3. The van der Waals surface area contributed by atoms with Crippen molar-refractivity contribution in [2.24, 2.45) is 0 Å². The van der Waals surface area contributed by atoms with Crippen LogP contribution in [0.1, 0.15) is 12.8 Å². The van der Waals surface area contributed by atoms with Crippen LogP contribution in [0.4, 0.5) is 5.82 Å². The molecule has 0 bridgehead atoms. The number of hydrogen-bond acceptors (Lipinski definition) is 5. The van der Waals surface area contributed by atoms with Crippen LogP contribution in [0.5, 0.6) is 0 Å². The maximum absolute atomic E-state index is 11.5. The van der Waals surface area contributed by atoms with Crippen LogP contribution in [0.2, 0.25) is 10.3 Å². The largest absolute Gasteiger partial charge is 0.467 e. The molecule has 1 N–H and O–H groups in total. The Kier molecular flexibility index (Phi) is 2.90. The molecule has 0 spiro atoms. The minimum atomic E-state index is -0.698. The Labute approximate surface area is 102 Å². The van der Waals surface area contributed by atoms with Gasteiger partial charge in [-0.25, -0.2) is 9.78 Å². The molecule has 0 aliphatic heterocycles. The number of carbonyl (C=O) groups excluding carboxylic acids is 1. The van der Waals surface area contributed by atoms with Crippen molar-refractivity contribution in [3.63, 3.8) is 0 Å². The van der Waals surface area contributed by atoms with Crippen LogP contribution < -0.4 is 5.32 Å². The SMILES string of the molecule is COC(=O)C1(Nc2nc(Cl)ncc2Cl)CC1. The van der Waals surface area contributed by atoms with Gasteiger partial charge in [-0.15, -0.1) is 0 Å². The summed E-state index contributed by atoms with van der Waals surface area (Å²) in [7, 11) is 1.35. The van der Waals surface area contributed by atoms with Crippen molar-refractivity contribution in [3.05, 3.63) is 16.5 Å². The van der Waals surface area contributed by atoms with Crippen molar-refractivity contribution in [3.8, 4) is 0 Å². The summed E-state index contributed by atoms with van der Waals surface area (Å²) in [6, 6.07) is 0. The Morgan fingerprint density at radius 3 is 2.81 bits per heavy atom.